The zero-order valence-corrected chi connectivity index (χ0v) is 8.97. The molecule has 0 bridgehead atoms. The van der Waals surface area contributed by atoms with E-state index in [9.17, 15) is 0 Å². The highest BCUT2D eigenvalue weighted by Crippen LogP contribution is 2.41. The molecule has 0 radical (unpaired) electrons. The zero-order chi connectivity index (χ0) is 9.64. The highest BCUT2D eigenvalue weighted by atomic mass is 35.5. The van der Waals surface area contributed by atoms with Crippen molar-refractivity contribution in [1.29, 1.82) is 0 Å². The lowest BCUT2D eigenvalue weighted by molar-refractivity contribution is 0.382. The summed E-state index contributed by atoms with van der Waals surface area (Å²) in [6, 6.07) is 0. The number of hydrogen-bond donors (Lipinski definition) is 0. The van der Waals surface area contributed by atoms with Crippen LogP contribution < -0.4 is 0 Å². The Balaban J connectivity index is 2.46. The fourth-order valence-electron chi connectivity index (χ4n) is 1.50. The van der Waals surface area contributed by atoms with Crippen LogP contribution in [0, 0.1) is 0 Å². The van der Waals surface area contributed by atoms with Crippen molar-refractivity contribution >= 4 is 11.6 Å². The molecule has 1 aromatic rings. The van der Waals surface area contributed by atoms with Crippen LogP contribution in [-0.4, -0.2) is 14.8 Å². The van der Waals surface area contributed by atoms with Crippen molar-refractivity contribution in [3.63, 3.8) is 0 Å². The Kier molecular flexibility index (Phi) is 1.88. The summed E-state index contributed by atoms with van der Waals surface area (Å²) in [6.45, 7) is 6.36. The van der Waals surface area contributed by atoms with Gasteiger partial charge in [0.1, 0.15) is 5.82 Å². The molecule has 0 atom stereocenters. The van der Waals surface area contributed by atoms with E-state index >= 15 is 0 Å². The predicted octanol–water partition coefficient (Wildman–Crippen LogP) is 2.56. The lowest BCUT2D eigenvalue weighted by Crippen LogP contribution is -2.24. The molecule has 1 aliphatic carbocycles. The van der Waals surface area contributed by atoms with Gasteiger partial charge in [-0.25, -0.2) is 0 Å². The second kappa shape index (κ2) is 2.71. The van der Waals surface area contributed by atoms with E-state index in [2.05, 4.69) is 31.0 Å². The Bertz CT molecular complexity index is 320. The third-order valence-corrected chi connectivity index (χ3v) is 2.51. The van der Waals surface area contributed by atoms with Gasteiger partial charge in [0.15, 0.2) is 0 Å². The number of aromatic nitrogens is 3. The smallest absolute Gasteiger partial charge is 0.225 e. The van der Waals surface area contributed by atoms with E-state index in [4.69, 9.17) is 11.6 Å². The lowest BCUT2D eigenvalue weighted by Gasteiger charge is -2.23. The average molecular weight is 200 g/mol. The summed E-state index contributed by atoms with van der Waals surface area (Å²) in [4.78, 5) is 0. The second-order valence-electron chi connectivity index (χ2n) is 4.61. The summed E-state index contributed by atoms with van der Waals surface area (Å²) in [5.41, 5.74) is -0.0154. The minimum Gasteiger partial charge on any atom is -0.296 e. The van der Waals surface area contributed by atoms with Crippen molar-refractivity contribution in [2.45, 2.75) is 45.1 Å². The van der Waals surface area contributed by atoms with E-state index in [1.807, 2.05) is 4.57 Å². The van der Waals surface area contributed by atoms with Crippen LogP contribution in [0.2, 0.25) is 5.28 Å². The summed E-state index contributed by atoms with van der Waals surface area (Å²) in [5.74, 6) is 1.65. The Morgan fingerprint density at radius 2 is 1.92 bits per heavy atom. The first-order chi connectivity index (χ1) is 6.00. The van der Waals surface area contributed by atoms with Gasteiger partial charge in [-0.15, -0.1) is 10.2 Å². The first-order valence-electron chi connectivity index (χ1n) is 4.61. The van der Waals surface area contributed by atoms with Gasteiger partial charge in [0.25, 0.3) is 0 Å². The molecule has 0 N–H and O–H groups in total. The number of rotatable bonds is 1. The summed E-state index contributed by atoms with van der Waals surface area (Å²) in [6.07, 6.45) is 2.45. The highest BCUT2D eigenvalue weighted by Gasteiger charge is 2.33. The minimum atomic E-state index is -0.0154. The third-order valence-electron chi connectivity index (χ3n) is 2.26. The maximum atomic E-state index is 5.99. The van der Waals surface area contributed by atoms with Gasteiger partial charge in [0.05, 0.1) is 0 Å². The molecule has 0 unspecified atom stereocenters. The van der Waals surface area contributed by atoms with E-state index in [0.29, 0.717) is 11.2 Å². The van der Waals surface area contributed by atoms with Gasteiger partial charge in [0.2, 0.25) is 5.28 Å². The Morgan fingerprint density at radius 3 is 2.38 bits per heavy atom. The van der Waals surface area contributed by atoms with Gasteiger partial charge in [-0.2, -0.15) is 0 Å². The molecule has 3 nitrogen and oxygen atoms in total. The summed E-state index contributed by atoms with van der Waals surface area (Å²) in [5, 5.41) is 8.56. The average Bonchev–Trinajstić information content (AvgIpc) is 2.73. The normalized spacial score (nSPS) is 17.8. The third kappa shape index (κ3) is 1.57. The van der Waals surface area contributed by atoms with E-state index in [-0.39, 0.29) is 5.54 Å². The fraction of sp³-hybridized carbons (Fsp3) is 0.778. The molecular weight excluding hydrogens is 186 g/mol. The van der Waals surface area contributed by atoms with Crippen LogP contribution in [0.15, 0.2) is 0 Å². The summed E-state index contributed by atoms with van der Waals surface area (Å²) >= 11 is 5.99. The van der Waals surface area contributed by atoms with Crippen molar-refractivity contribution in [2.24, 2.45) is 0 Å². The summed E-state index contributed by atoms with van der Waals surface area (Å²) in [7, 11) is 0. The lowest BCUT2D eigenvalue weighted by atomic mass is 10.1. The van der Waals surface area contributed by atoms with Crippen molar-refractivity contribution in [3.8, 4) is 0 Å². The van der Waals surface area contributed by atoms with Crippen molar-refractivity contribution in [3.05, 3.63) is 11.1 Å². The second-order valence-corrected chi connectivity index (χ2v) is 4.95. The molecular formula is C9H14ClN3. The molecule has 0 aromatic carbocycles. The Hall–Kier alpha value is -0.570. The van der Waals surface area contributed by atoms with Gasteiger partial charge in [0, 0.05) is 11.5 Å². The van der Waals surface area contributed by atoms with Crippen LogP contribution in [-0.2, 0) is 5.54 Å². The minimum absolute atomic E-state index is 0.0154. The maximum Gasteiger partial charge on any atom is 0.225 e. The predicted molar refractivity (Wildman–Crippen MR) is 52.0 cm³/mol. The van der Waals surface area contributed by atoms with Crippen LogP contribution in [0.3, 0.4) is 0 Å². The van der Waals surface area contributed by atoms with E-state index < -0.39 is 0 Å². The topological polar surface area (TPSA) is 30.7 Å². The molecule has 0 spiro atoms. The molecule has 1 saturated carbocycles. The van der Waals surface area contributed by atoms with Crippen molar-refractivity contribution in [2.75, 3.05) is 0 Å². The van der Waals surface area contributed by atoms with Gasteiger partial charge >= 0.3 is 0 Å². The molecule has 13 heavy (non-hydrogen) atoms. The molecule has 1 aliphatic rings. The molecule has 4 heteroatoms. The van der Waals surface area contributed by atoms with Crippen LogP contribution in [0.5, 0.6) is 0 Å². The molecule has 0 saturated heterocycles. The van der Waals surface area contributed by atoms with Gasteiger partial charge < -0.3 is 0 Å². The first-order valence-corrected chi connectivity index (χ1v) is 4.99. The van der Waals surface area contributed by atoms with Crippen molar-refractivity contribution < 1.29 is 0 Å². The molecule has 2 rings (SSSR count). The van der Waals surface area contributed by atoms with Crippen LogP contribution >= 0.6 is 11.6 Å². The molecule has 0 amide bonds. The zero-order valence-electron chi connectivity index (χ0n) is 8.21. The SMILES string of the molecule is CC(C)(C)n1c(Cl)nnc1C1CC1. The van der Waals surface area contributed by atoms with Crippen LogP contribution in [0.1, 0.15) is 45.4 Å². The molecule has 1 fully saturated rings. The maximum absolute atomic E-state index is 5.99. The molecule has 0 aliphatic heterocycles. The monoisotopic (exact) mass is 199 g/mol. The van der Waals surface area contributed by atoms with E-state index in [0.717, 1.165) is 5.82 Å². The summed E-state index contributed by atoms with van der Waals surface area (Å²) < 4.78 is 2.03. The standard InChI is InChI=1S/C9H14ClN3/c1-9(2,3)13-7(6-4-5-6)11-12-8(13)10/h6H,4-5H2,1-3H3. The van der Waals surface area contributed by atoms with E-state index in [1.54, 1.807) is 0 Å². The van der Waals surface area contributed by atoms with Crippen molar-refractivity contribution in [1.82, 2.24) is 14.8 Å². The molecule has 1 heterocycles. The largest absolute Gasteiger partial charge is 0.296 e. The number of hydrogen-bond acceptors (Lipinski definition) is 2. The van der Waals surface area contributed by atoms with Crippen LogP contribution in [0.25, 0.3) is 0 Å². The Morgan fingerprint density at radius 1 is 1.31 bits per heavy atom. The van der Waals surface area contributed by atoms with Gasteiger partial charge in [-0.1, -0.05) is 0 Å². The number of nitrogens with zero attached hydrogens (tertiary/aromatic N) is 3. The van der Waals surface area contributed by atoms with Crippen LogP contribution in [0.4, 0.5) is 0 Å². The highest BCUT2D eigenvalue weighted by molar-refractivity contribution is 6.28. The molecule has 72 valence electrons. The quantitative estimate of drug-likeness (QED) is 0.696. The van der Waals surface area contributed by atoms with Gasteiger partial charge in [-0.3, -0.25) is 4.57 Å². The number of halogens is 1. The van der Waals surface area contributed by atoms with E-state index in [1.165, 1.54) is 12.8 Å². The Labute approximate surface area is 83.1 Å². The fourth-order valence-corrected chi connectivity index (χ4v) is 1.88. The first kappa shape index (κ1) is 9.00. The van der Waals surface area contributed by atoms with Gasteiger partial charge in [-0.05, 0) is 45.2 Å². The molecule has 1 aromatic heterocycles.